The van der Waals surface area contributed by atoms with Crippen molar-refractivity contribution in [3.05, 3.63) is 95.3 Å². The fraction of sp³-hybridized carbons (Fsp3) is 0.217. The number of halogens is 1. The zero-order valence-electron chi connectivity index (χ0n) is 17.2. The van der Waals surface area contributed by atoms with Crippen LogP contribution >= 0.6 is 0 Å². The van der Waals surface area contributed by atoms with E-state index in [2.05, 4.69) is 4.72 Å². The second kappa shape index (κ2) is 9.01. The molecule has 0 saturated heterocycles. The zero-order valence-corrected chi connectivity index (χ0v) is 18.9. The molecule has 1 aliphatic rings. The number of rotatable bonds is 7. The van der Waals surface area contributed by atoms with Gasteiger partial charge in [0.2, 0.25) is 20.0 Å². The summed E-state index contributed by atoms with van der Waals surface area (Å²) in [6.45, 7) is 0.420. The second-order valence-corrected chi connectivity index (χ2v) is 11.5. The number of hydrogen-bond donors (Lipinski definition) is 1. The van der Waals surface area contributed by atoms with E-state index in [1.165, 1.54) is 16.4 Å². The standard InChI is InChI=1S/C23H23FN2O4S2/c24-21-7-10-23(11-8-21)32(29,30)26-14-12-19-6-9-22(16-20(19)17-26)25-31(27,28)15-13-18-4-2-1-3-5-18/h1-11,16,25H,12-15,17H2. The third kappa shape index (κ3) is 5.17. The molecule has 9 heteroatoms. The minimum absolute atomic E-state index is 0.0279. The molecule has 0 saturated carbocycles. The Labute approximate surface area is 187 Å². The summed E-state index contributed by atoms with van der Waals surface area (Å²) in [4.78, 5) is 0.0279. The summed E-state index contributed by atoms with van der Waals surface area (Å²) >= 11 is 0. The average molecular weight is 475 g/mol. The fourth-order valence-corrected chi connectivity index (χ4v) is 6.19. The van der Waals surface area contributed by atoms with Crippen LogP contribution < -0.4 is 4.72 Å². The maximum absolute atomic E-state index is 13.2. The highest BCUT2D eigenvalue weighted by atomic mass is 32.2. The van der Waals surface area contributed by atoms with Gasteiger partial charge in [0.15, 0.2) is 0 Å². The summed E-state index contributed by atoms with van der Waals surface area (Å²) < 4.78 is 68.0. The first kappa shape index (κ1) is 22.4. The van der Waals surface area contributed by atoms with Crippen molar-refractivity contribution in [3.63, 3.8) is 0 Å². The Morgan fingerprint density at radius 1 is 0.875 bits per heavy atom. The Balaban J connectivity index is 1.48. The Hall–Kier alpha value is -2.75. The van der Waals surface area contributed by atoms with E-state index in [0.29, 0.717) is 25.1 Å². The molecule has 0 atom stereocenters. The average Bonchev–Trinajstić information content (AvgIpc) is 2.78. The van der Waals surface area contributed by atoms with Gasteiger partial charge in [-0.1, -0.05) is 36.4 Å². The predicted octanol–water partition coefficient (Wildman–Crippen LogP) is 3.56. The monoisotopic (exact) mass is 474 g/mol. The molecule has 0 aromatic heterocycles. The van der Waals surface area contributed by atoms with Gasteiger partial charge in [0.1, 0.15) is 5.82 Å². The fourth-order valence-electron chi connectivity index (χ4n) is 3.68. The minimum Gasteiger partial charge on any atom is -0.284 e. The minimum atomic E-state index is -3.78. The van der Waals surface area contributed by atoms with E-state index in [1.807, 2.05) is 36.4 Å². The lowest BCUT2D eigenvalue weighted by atomic mass is 10.0. The number of nitrogens with one attached hydrogen (secondary N) is 1. The lowest BCUT2D eigenvalue weighted by Gasteiger charge is -2.28. The summed E-state index contributed by atoms with van der Waals surface area (Å²) in [5.41, 5.74) is 3.05. The van der Waals surface area contributed by atoms with Gasteiger partial charge < -0.3 is 0 Å². The van der Waals surface area contributed by atoms with E-state index < -0.39 is 25.9 Å². The third-order valence-corrected chi connectivity index (χ3v) is 8.56. The Morgan fingerprint density at radius 2 is 1.59 bits per heavy atom. The third-order valence-electron chi connectivity index (χ3n) is 5.41. The first-order chi connectivity index (χ1) is 15.2. The molecule has 3 aromatic rings. The van der Waals surface area contributed by atoms with Crippen LogP contribution in [0.2, 0.25) is 0 Å². The van der Waals surface area contributed by atoms with Crippen molar-refractivity contribution >= 4 is 25.7 Å². The van der Waals surface area contributed by atoms with Gasteiger partial charge in [0.05, 0.1) is 10.6 Å². The zero-order chi connectivity index (χ0) is 22.8. The SMILES string of the molecule is O=S(=O)(CCc1ccccc1)Nc1ccc2c(c1)CN(S(=O)(=O)c1ccc(F)cc1)CC2. The summed E-state index contributed by atoms with van der Waals surface area (Å²) in [5, 5.41) is 0. The quantitative estimate of drug-likeness (QED) is 0.568. The topological polar surface area (TPSA) is 83.6 Å². The van der Waals surface area contributed by atoms with Crippen LogP contribution in [-0.2, 0) is 39.4 Å². The first-order valence-corrected chi connectivity index (χ1v) is 13.2. The van der Waals surface area contributed by atoms with Crippen LogP contribution in [0, 0.1) is 5.82 Å². The van der Waals surface area contributed by atoms with Crippen molar-refractivity contribution in [2.24, 2.45) is 0 Å². The molecule has 168 valence electrons. The van der Waals surface area contributed by atoms with Gasteiger partial charge in [0.25, 0.3) is 0 Å². The van der Waals surface area contributed by atoms with Crippen LogP contribution in [0.25, 0.3) is 0 Å². The smallest absolute Gasteiger partial charge is 0.243 e. The highest BCUT2D eigenvalue weighted by Crippen LogP contribution is 2.27. The normalized spacial score (nSPS) is 14.7. The van der Waals surface area contributed by atoms with Crippen molar-refractivity contribution in [1.82, 2.24) is 4.31 Å². The van der Waals surface area contributed by atoms with Crippen molar-refractivity contribution in [3.8, 4) is 0 Å². The molecule has 0 fully saturated rings. The molecule has 0 spiro atoms. The molecule has 1 aliphatic heterocycles. The van der Waals surface area contributed by atoms with Crippen molar-refractivity contribution < 1.29 is 21.2 Å². The van der Waals surface area contributed by atoms with Crippen LogP contribution in [0.3, 0.4) is 0 Å². The van der Waals surface area contributed by atoms with E-state index in [9.17, 15) is 21.2 Å². The van der Waals surface area contributed by atoms with Crippen LogP contribution in [-0.4, -0.2) is 33.4 Å². The maximum atomic E-state index is 13.2. The van der Waals surface area contributed by atoms with Crippen LogP contribution in [0.15, 0.2) is 77.7 Å². The van der Waals surface area contributed by atoms with Gasteiger partial charge in [-0.15, -0.1) is 0 Å². The van der Waals surface area contributed by atoms with E-state index >= 15 is 0 Å². The maximum Gasteiger partial charge on any atom is 0.243 e. The molecule has 0 bridgehead atoms. The van der Waals surface area contributed by atoms with E-state index in [-0.39, 0.29) is 17.2 Å². The molecule has 6 nitrogen and oxygen atoms in total. The van der Waals surface area contributed by atoms with Gasteiger partial charge in [-0.2, -0.15) is 4.31 Å². The van der Waals surface area contributed by atoms with Crippen molar-refractivity contribution in [1.29, 1.82) is 0 Å². The Morgan fingerprint density at radius 3 is 2.31 bits per heavy atom. The number of aryl methyl sites for hydroxylation is 1. The highest BCUT2D eigenvalue weighted by Gasteiger charge is 2.28. The molecule has 0 aliphatic carbocycles. The molecular weight excluding hydrogens is 451 g/mol. The van der Waals surface area contributed by atoms with E-state index in [1.54, 1.807) is 12.1 Å². The molecule has 1 N–H and O–H groups in total. The summed E-state index contributed by atoms with van der Waals surface area (Å²) in [6.07, 6.45) is 0.904. The van der Waals surface area contributed by atoms with Gasteiger partial charge in [-0.25, -0.2) is 21.2 Å². The molecule has 0 unspecified atom stereocenters. The number of hydrogen-bond acceptors (Lipinski definition) is 4. The molecule has 32 heavy (non-hydrogen) atoms. The largest absolute Gasteiger partial charge is 0.284 e. The number of sulfonamides is 2. The van der Waals surface area contributed by atoms with Crippen LogP contribution in [0.5, 0.6) is 0 Å². The van der Waals surface area contributed by atoms with Gasteiger partial charge in [-0.05, 0) is 65.9 Å². The first-order valence-electron chi connectivity index (χ1n) is 10.1. The van der Waals surface area contributed by atoms with Gasteiger partial charge in [-0.3, -0.25) is 4.72 Å². The van der Waals surface area contributed by atoms with Crippen molar-refractivity contribution in [2.45, 2.75) is 24.3 Å². The lowest BCUT2D eigenvalue weighted by molar-refractivity contribution is 0.391. The van der Waals surface area contributed by atoms with Gasteiger partial charge >= 0.3 is 0 Å². The number of fused-ring (bicyclic) bond motifs is 1. The summed E-state index contributed by atoms with van der Waals surface area (Å²) in [7, 11) is -7.35. The number of benzene rings is 3. The molecule has 0 amide bonds. The molecular formula is C23H23FN2O4S2. The molecule has 3 aromatic carbocycles. The number of nitrogens with zero attached hydrogens (tertiary/aromatic N) is 1. The second-order valence-electron chi connectivity index (χ2n) is 7.68. The molecule has 4 rings (SSSR count). The lowest BCUT2D eigenvalue weighted by Crippen LogP contribution is -2.36. The van der Waals surface area contributed by atoms with Crippen LogP contribution in [0.4, 0.5) is 10.1 Å². The molecule has 0 radical (unpaired) electrons. The molecule has 1 heterocycles. The Bertz CT molecular complexity index is 1310. The van der Waals surface area contributed by atoms with E-state index in [0.717, 1.165) is 28.8 Å². The predicted molar refractivity (Wildman–Crippen MR) is 122 cm³/mol. The van der Waals surface area contributed by atoms with E-state index in [4.69, 9.17) is 0 Å². The Kier molecular flexibility index (Phi) is 6.32. The summed E-state index contributed by atoms with van der Waals surface area (Å²) in [6, 6.07) is 19.3. The highest BCUT2D eigenvalue weighted by molar-refractivity contribution is 7.92. The van der Waals surface area contributed by atoms with Crippen LogP contribution in [0.1, 0.15) is 16.7 Å². The summed E-state index contributed by atoms with van der Waals surface area (Å²) in [5.74, 6) is -0.559. The number of anilines is 1. The van der Waals surface area contributed by atoms with Gasteiger partial charge in [0, 0.05) is 18.8 Å². The van der Waals surface area contributed by atoms with Crippen molar-refractivity contribution in [2.75, 3.05) is 17.0 Å².